The van der Waals surface area contributed by atoms with Gasteiger partial charge in [0.2, 0.25) is 11.8 Å². The maximum Gasteiger partial charge on any atom is 0.234 e. The highest BCUT2D eigenvalue weighted by molar-refractivity contribution is 6.07. The third-order valence-electron chi connectivity index (χ3n) is 5.04. The summed E-state index contributed by atoms with van der Waals surface area (Å²) in [5, 5.41) is 10.6. The molecule has 0 radical (unpaired) electrons. The van der Waals surface area contributed by atoms with Crippen molar-refractivity contribution < 1.29 is 19.5 Å². The van der Waals surface area contributed by atoms with Crippen molar-refractivity contribution in [2.45, 2.75) is 6.42 Å². The van der Waals surface area contributed by atoms with Crippen molar-refractivity contribution in [1.29, 1.82) is 0 Å². The summed E-state index contributed by atoms with van der Waals surface area (Å²) < 4.78 is 0. The number of hydrogen-bond acceptors (Lipinski definition) is 4. The van der Waals surface area contributed by atoms with Crippen LogP contribution in [0.5, 0.6) is 0 Å². The number of hydrogen-bond donors (Lipinski definition) is 0. The van der Waals surface area contributed by atoms with Crippen LogP contribution in [0.15, 0.2) is 12.2 Å². The number of imide groups is 1. The fraction of sp³-hybridized carbons (Fsp3) is 0.615. The van der Waals surface area contributed by atoms with Gasteiger partial charge in [-0.25, -0.2) is 0 Å². The van der Waals surface area contributed by atoms with Crippen LogP contribution in [0.4, 0.5) is 0 Å². The van der Waals surface area contributed by atoms with Crippen molar-refractivity contribution in [3.63, 3.8) is 0 Å². The molecule has 0 aromatic heterocycles. The lowest BCUT2D eigenvalue weighted by Crippen LogP contribution is -2.42. The van der Waals surface area contributed by atoms with Gasteiger partial charge in [-0.15, -0.1) is 0 Å². The Labute approximate surface area is 103 Å². The van der Waals surface area contributed by atoms with Gasteiger partial charge >= 0.3 is 0 Å². The number of carboxylic acid groups (broad SMARTS) is 1. The molecule has 4 aliphatic carbocycles. The second kappa shape index (κ2) is 3.02. The van der Waals surface area contributed by atoms with E-state index in [9.17, 15) is 19.5 Å². The molecule has 5 heteroatoms. The van der Waals surface area contributed by atoms with E-state index in [2.05, 4.69) is 12.2 Å². The lowest BCUT2D eigenvalue weighted by Gasteiger charge is -2.37. The molecular weight excluding hydrogens is 234 g/mol. The fourth-order valence-corrected chi connectivity index (χ4v) is 4.30. The van der Waals surface area contributed by atoms with Crippen molar-refractivity contribution in [2.75, 3.05) is 6.54 Å². The van der Waals surface area contributed by atoms with Crippen LogP contribution in [0, 0.1) is 35.5 Å². The van der Waals surface area contributed by atoms with Crippen LogP contribution in [0.1, 0.15) is 6.42 Å². The number of carboxylic acids is 1. The zero-order chi connectivity index (χ0) is 12.6. The quantitative estimate of drug-likeness (QED) is 0.452. The molecule has 5 rings (SSSR count). The highest BCUT2D eigenvalue weighted by Crippen LogP contribution is 2.65. The van der Waals surface area contributed by atoms with E-state index in [-0.39, 0.29) is 35.5 Å². The summed E-state index contributed by atoms with van der Waals surface area (Å²) >= 11 is 0. The highest BCUT2D eigenvalue weighted by atomic mass is 16.4. The largest absolute Gasteiger partial charge is 0.548 e. The van der Waals surface area contributed by atoms with Crippen LogP contribution >= 0.6 is 0 Å². The lowest BCUT2D eigenvalue weighted by atomic mass is 9.63. The first-order valence-electron chi connectivity index (χ1n) is 6.33. The molecule has 0 N–H and O–H groups in total. The molecule has 0 spiro atoms. The van der Waals surface area contributed by atoms with Gasteiger partial charge in [-0.05, 0) is 30.1 Å². The summed E-state index contributed by atoms with van der Waals surface area (Å²) in [6.45, 7) is -0.598. The minimum atomic E-state index is -1.37. The number of carbonyl (C=O) groups excluding carboxylic acids is 3. The van der Waals surface area contributed by atoms with Gasteiger partial charge in [-0.1, -0.05) is 12.2 Å². The number of allylic oxidation sites excluding steroid dienone is 2. The molecule has 2 bridgehead atoms. The number of nitrogens with zero attached hydrogens (tertiary/aromatic N) is 1. The first-order valence-corrected chi connectivity index (χ1v) is 6.33. The normalized spacial score (nSPS) is 47.2. The zero-order valence-corrected chi connectivity index (χ0v) is 9.61. The predicted octanol–water partition coefficient (Wildman–Crippen LogP) is -1.21. The molecule has 0 aromatic carbocycles. The number of carbonyl (C=O) groups is 3. The third-order valence-corrected chi connectivity index (χ3v) is 5.04. The summed E-state index contributed by atoms with van der Waals surface area (Å²) in [5.74, 6) is -1.23. The van der Waals surface area contributed by atoms with Crippen LogP contribution < -0.4 is 5.11 Å². The number of amides is 2. The van der Waals surface area contributed by atoms with Gasteiger partial charge in [0, 0.05) is 0 Å². The Balaban J connectivity index is 1.72. The van der Waals surface area contributed by atoms with E-state index in [0.29, 0.717) is 11.8 Å². The zero-order valence-electron chi connectivity index (χ0n) is 9.61. The molecule has 94 valence electrons. The maximum atomic E-state index is 12.2. The number of likely N-dealkylation sites (tertiary alicyclic amines) is 1. The minimum Gasteiger partial charge on any atom is -0.548 e. The van der Waals surface area contributed by atoms with Gasteiger partial charge in [0.1, 0.15) is 0 Å². The summed E-state index contributed by atoms with van der Waals surface area (Å²) in [7, 11) is 0. The lowest BCUT2D eigenvalue weighted by molar-refractivity contribution is -0.305. The molecule has 3 fully saturated rings. The van der Waals surface area contributed by atoms with E-state index in [1.165, 1.54) is 0 Å². The average molecular weight is 246 g/mol. The van der Waals surface area contributed by atoms with E-state index >= 15 is 0 Å². The van der Waals surface area contributed by atoms with Crippen molar-refractivity contribution in [3.05, 3.63) is 12.2 Å². The molecular formula is C13H12NO4-. The molecule has 0 unspecified atom stereocenters. The second-order valence-corrected chi connectivity index (χ2v) is 5.79. The Hall–Kier alpha value is -1.65. The Morgan fingerprint density at radius 2 is 1.67 bits per heavy atom. The Morgan fingerprint density at radius 1 is 1.17 bits per heavy atom. The topological polar surface area (TPSA) is 77.5 Å². The van der Waals surface area contributed by atoms with Gasteiger partial charge in [0.25, 0.3) is 0 Å². The number of aliphatic carboxylic acids is 1. The van der Waals surface area contributed by atoms with Crippen molar-refractivity contribution in [1.82, 2.24) is 4.90 Å². The van der Waals surface area contributed by atoms with Crippen LogP contribution in [0.3, 0.4) is 0 Å². The average Bonchev–Trinajstić information content (AvgIpc) is 3.11. The molecule has 1 heterocycles. The first-order chi connectivity index (χ1) is 8.59. The summed E-state index contributed by atoms with van der Waals surface area (Å²) in [5.41, 5.74) is 0. The van der Waals surface area contributed by atoms with Crippen LogP contribution in [-0.4, -0.2) is 29.2 Å². The summed E-state index contributed by atoms with van der Waals surface area (Å²) in [6, 6.07) is 0. The van der Waals surface area contributed by atoms with Gasteiger partial charge in [0.15, 0.2) is 0 Å². The number of rotatable bonds is 2. The molecule has 2 amide bonds. The van der Waals surface area contributed by atoms with Crippen molar-refractivity contribution in [2.24, 2.45) is 35.5 Å². The smallest absolute Gasteiger partial charge is 0.234 e. The fourth-order valence-electron chi connectivity index (χ4n) is 4.30. The monoisotopic (exact) mass is 246 g/mol. The van der Waals surface area contributed by atoms with E-state index in [4.69, 9.17) is 0 Å². The van der Waals surface area contributed by atoms with E-state index in [1.807, 2.05) is 0 Å². The van der Waals surface area contributed by atoms with Crippen LogP contribution in [0.25, 0.3) is 0 Å². The first kappa shape index (κ1) is 10.3. The van der Waals surface area contributed by atoms with Crippen molar-refractivity contribution in [3.8, 4) is 0 Å². The van der Waals surface area contributed by atoms with E-state index < -0.39 is 12.5 Å². The molecule has 5 nitrogen and oxygen atoms in total. The molecule has 6 atom stereocenters. The van der Waals surface area contributed by atoms with Crippen LogP contribution in [0.2, 0.25) is 0 Å². The predicted molar refractivity (Wildman–Crippen MR) is 56.4 cm³/mol. The SMILES string of the molecule is O=C([O-])CN1C(=O)[C@@H]2[C@@H]3C=C[C@@H]([C@H]4C[C@@H]34)[C@@H]2C1=O. The Bertz CT molecular complexity index is 475. The minimum absolute atomic E-state index is 0.146. The maximum absolute atomic E-state index is 12.2. The molecule has 1 aliphatic heterocycles. The van der Waals surface area contributed by atoms with E-state index in [0.717, 1.165) is 11.3 Å². The molecule has 1 saturated heterocycles. The highest BCUT2D eigenvalue weighted by Gasteiger charge is 2.66. The Morgan fingerprint density at radius 3 is 2.11 bits per heavy atom. The molecule has 18 heavy (non-hydrogen) atoms. The van der Waals surface area contributed by atoms with Crippen molar-refractivity contribution >= 4 is 17.8 Å². The van der Waals surface area contributed by atoms with E-state index in [1.54, 1.807) is 0 Å². The standard InChI is InChI=1S/C13H13NO4/c15-9(16)4-14-12(17)10-5-1-2-6(8-3-7(5)8)11(10)13(14)18/h1-2,5-8,10-11H,3-4H2,(H,15,16)/p-1/t5-,6+,7+,8-,10-,11+. The van der Waals surface area contributed by atoms with Gasteiger partial charge in [0.05, 0.1) is 24.3 Å². The molecule has 0 aromatic rings. The van der Waals surface area contributed by atoms with Gasteiger partial charge in [-0.3, -0.25) is 14.5 Å². The molecule has 2 saturated carbocycles. The van der Waals surface area contributed by atoms with Crippen LogP contribution in [-0.2, 0) is 14.4 Å². The third kappa shape index (κ3) is 1.05. The summed E-state index contributed by atoms with van der Waals surface area (Å²) in [6.07, 6.45) is 5.23. The second-order valence-electron chi connectivity index (χ2n) is 5.79. The van der Waals surface area contributed by atoms with Gasteiger partial charge < -0.3 is 9.90 Å². The summed E-state index contributed by atoms with van der Waals surface area (Å²) in [4.78, 5) is 36.0. The molecule has 5 aliphatic rings. The Kier molecular flexibility index (Phi) is 1.73. The van der Waals surface area contributed by atoms with Gasteiger partial charge in [-0.2, -0.15) is 0 Å².